The number of hydrogen-bond acceptors (Lipinski definition) is 3. The van der Waals surface area contributed by atoms with Crippen LogP contribution in [0.1, 0.15) is 23.7 Å². The molecule has 0 spiro atoms. The number of halogens is 2. The molecule has 1 atom stereocenters. The smallest absolute Gasteiger partial charge is 0.169 e. The van der Waals surface area contributed by atoms with Gasteiger partial charge in [0.05, 0.1) is 5.56 Å². The van der Waals surface area contributed by atoms with E-state index in [1.807, 2.05) is 11.8 Å². The average molecular weight is 285 g/mol. The van der Waals surface area contributed by atoms with E-state index in [-0.39, 0.29) is 17.8 Å². The van der Waals surface area contributed by atoms with Crippen LogP contribution in [-0.4, -0.2) is 41.3 Å². The summed E-state index contributed by atoms with van der Waals surface area (Å²) in [4.78, 5) is 14.1. The van der Waals surface area contributed by atoms with Gasteiger partial charge >= 0.3 is 0 Å². The summed E-state index contributed by atoms with van der Waals surface area (Å²) in [5.41, 5.74) is -0.139. The third-order valence-corrected chi connectivity index (χ3v) is 4.37. The molecule has 1 heterocycles. The Morgan fingerprint density at radius 3 is 3.00 bits per heavy atom. The van der Waals surface area contributed by atoms with Crippen LogP contribution in [-0.2, 0) is 0 Å². The Bertz CT molecular complexity index is 467. The number of Topliss-reactive ketones (excluding diaryl/α,β-unsaturated/α-hetero) is 1. The summed E-state index contributed by atoms with van der Waals surface area (Å²) < 4.78 is 26.5. The van der Waals surface area contributed by atoms with Gasteiger partial charge in [0.25, 0.3) is 0 Å². The van der Waals surface area contributed by atoms with Crippen LogP contribution in [0, 0.1) is 11.6 Å². The molecule has 0 aromatic heterocycles. The number of benzene rings is 1. The largest absolute Gasteiger partial charge is 0.301 e. The molecule has 1 fully saturated rings. The maximum atomic E-state index is 13.5. The quantitative estimate of drug-likeness (QED) is 0.793. The van der Waals surface area contributed by atoms with Crippen molar-refractivity contribution >= 4 is 17.5 Å². The summed E-state index contributed by atoms with van der Waals surface area (Å²) in [5.74, 6) is -1.27. The van der Waals surface area contributed by atoms with Crippen LogP contribution in [0.5, 0.6) is 0 Å². The molecule has 0 N–H and O–H groups in total. The fourth-order valence-electron chi connectivity index (χ4n) is 2.21. The minimum absolute atomic E-state index is 0.139. The van der Waals surface area contributed by atoms with Crippen LogP contribution < -0.4 is 0 Å². The highest BCUT2D eigenvalue weighted by Gasteiger charge is 2.19. The second-order valence-corrected chi connectivity index (χ2v) is 6.30. The van der Waals surface area contributed by atoms with Crippen molar-refractivity contribution in [2.24, 2.45) is 0 Å². The Kier molecular flexibility index (Phi) is 4.93. The van der Waals surface area contributed by atoms with Gasteiger partial charge in [-0.25, -0.2) is 8.78 Å². The van der Waals surface area contributed by atoms with E-state index in [4.69, 9.17) is 0 Å². The second-order valence-electron chi connectivity index (χ2n) is 4.76. The molecule has 1 unspecified atom stereocenters. The van der Waals surface area contributed by atoms with Crippen molar-refractivity contribution < 1.29 is 13.6 Å². The number of nitrogens with zero attached hydrogens (tertiary/aromatic N) is 1. The Labute approximate surface area is 116 Å². The molecule has 1 aromatic rings. The van der Waals surface area contributed by atoms with E-state index in [1.165, 1.54) is 12.1 Å². The van der Waals surface area contributed by atoms with Crippen molar-refractivity contribution in [2.75, 3.05) is 25.4 Å². The van der Waals surface area contributed by atoms with Gasteiger partial charge in [0, 0.05) is 37.1 Å². The Morgan fingerprint density at radius 2 is 2.26 bits per heavy atom. The minimum Gasteiger partial charge on any atom is -0.301 e. The average Bonchev–Trinajstić information content (AvgIpc) is 2.39. The molecule has 1 aliphatic rings. The van der Waals surface area contributed by atoms with Crippen molar-refractivity contribution in [1.29, 1.82) is 0 Å². The molecular formula is C14H17F2NOS. The Hall–Kier alpha value is -0.940. The highest BCUT2D eigenvalue weighted by molar-refractivity contribution is 7.99. The van der Waals surface area contributed by atoms with E-state index in [0.717, 1.165) is 24.9 Å². The summed E-state index contributed by atoms with van der Waals surface area (Å²) >= 11 is 1.92. The van der Waals surface area contributed by atoms with E-state index >= 15 is 0 Å². The minimum atomic E-state index is -1.03. The van der Waals surface area contributed by atoms with Gasteiger partial charge in [-0.15, -0.1) is 0 Å². The van der Waals surface area contributed by atoms with Crippen molar-refractivity contribution in [1.82, 2.24) is 4.90 Å². The van der Waals surface area contributed by atoms with Crippen LogP contribution >= 0.6 is 11.8 Å². The van der Waals surface area contributed by atoms with Crippen LogP contribution in [0.3, 0.4) is 0 Å². The van der Waals surface area contributed by atoms with Gasteiger partial charge in [0.1, 0.15) is 0 Å². The van der Waals surface area contributed by atoms with Crippen LogP contribution in [0.4, 0.5) is 8.78 Å². The second kappa shape index (κ2) is 6.48. The Morgan fingerprint density at radius 1 is 1.47 bits per heavy atom. The van der Waals surface area contributed by atoms with Crippen LogP contribution in [0.2, 0.25) is 0 Å². The summed E-state index contributed by atoms with van der Waals surface area (Å²) in [6.45, 7) is 4.67. The van der Waals surface area contributed by atoms with E-state index in [1.54, 1.807) is 0 Å². The number of ketones is 1. The summed E-state index contributed by atoms with van der Waals surface area (Å²) in [7, 11) is 0. The molecule has 0 amide bonds. The topological polar surface area (TPSA) is 20.3 Å². The summed E-state index contributed by atoms with van der Waals surface area (Å²) in [6, 6.07) is 3.73. The third-order valence-electron chi connectivity index (χ3n) is 3.23. The molecular weight excluding hydrogens is 268 g/mol. The third kappa shape index (κ3) is 3.76. The molecule has 1 aromatic carbocycles. The van der Waals surface area contributed by atoms with Crippen molar-refractivity contribution in [3.8, 4) is 0 Å². The molecule has 0 saturated carbocycles. The molecule has 0 radical (unpaired) electrons. The monoisotopic (exact) mass is 285 g/mol. The molecule has 1 saturated heterocycles. The molecule has 104 valence electrons. The molecule has 1 aliphatic heterocycles. The fraction of sp³-hybridized carbons (Fsp3) is 0.500. The van der Waals surface area contributed by atoms with Gasteiger partial charge in [-0.2, -0.15) is 11.8 Å². The first-order valence-electron chi connectivity index (χ1n) is 6.39. The van der Waals surface area contributed by atoms with Gasteiger partial charge in [-0.3, -0.25) is 4.79 Å². The zero-order chi connectivity index (χ0) is 13.8. The van der Waals surface area contributed by atoms with Crippen LogP contribution in [0.25, 0.3) is 0 Å². The normalized spacial score (nSPS) is 20.5. The highest BCUT2D eigenvalue weighted by Crippen LogP contribution is 2.19. The molecule has 19 heavy (non-hydrogen) atoms. The first-order valence-corrected chi connectivity index (χ1v) is 7.44. The van der Waals surface area contributed by atoms with Crippen molar-refractivity contribution in [3.05, 3.63) is 35.4 Å². The fourth-order valence-corrected chi connectivity index (χ4v) is 3.29. The lowest BCUT2D eigenvalue weighted by molar-refractivity contribution is 0.0960. The molecule has 0 bridgehead atoms. The van der Waals surface area contributed by atoms with Crippen molar-refractivity contribution in [2.45, 2.75) is 18.6 Å². The number of carbonyl (C=O) groups excluding carboxylic acids is 1. The molecule has 2 nitrogen and oxygen atoms in total. The van der Waals surface area contributed by atoms with Crippen molar-refractivity contribution in [3.63, 3.8) is 0 Å². The Balaban J connectivity index is 1.92. The molecule has 5 heteroatoms. The van der Waals surface area contributed by atoms with Gasteiger partial charge in [0.2, 0.25) is 0 Å². The summed E-state index contributed by atoms with van der Waals surface area (Å²) in [6.07, 6.45) is 0.234. The lowest BCUT2D eigenvalue weighted by Crippen LogP contribution is -2.37. The first-order chi connectivity index (χ1) is 9.08. The molecule has 0 aliphatic carbocycles. The van der Waals surface area contributed by atoms with E-state index in [9.17, 15) is 13.6 Å². The van der Waals surface area contributed by atoms with Gasteiger partial charge < -0.3 is 4.90 Å². The number of carbonyl (C=O) groups is 1. The zero-order valence-electron chi connectivity index (χ0n) is 10.9. The standard InChI is InChI=1S/C14H17F2NOS/c1-10-9-17(7-8-19-10)6-5-13(18)11-3-2-4-12(15)14(11)16/h2-4,10H,5-9H2,1H3. The van der Waals surface area contributed by atoms with Crippen LogP contribution in [0.15, 0.2) is 18.2 Å². The number of rotatable bonds is 4. The maximum Gasteiger partial charge on any atom is 0.169 e. The maximum absolute atomic E-state index is 13.5. The lowest BCUT2D eigenvalue weighted by atomic mass is 10.1. The van der Waals surface area contributed by atoms with E-state index in [2.05, 4.69) is 11.8 Å². The number of thioether (sulfide) groups is 1. The van der Waals surface area contributed by atoms with Gasteiger partial charge in [-0.1, -0.05) is 13.0 Å². The van der Waals surface area contributed by atoms with E-state index in [0.29, 0.717) is 11.8 Å². The lowest BCUT2D eigenvalue weighted by Gasteiger charge is -2.30. The van der Waals surface area contributed by atoms with Gasteiger partial charge in [0.15, 0.2) is 17.4 Å². The van der Waals surface area contributed by atoms with Gasteiger partial charge in [-0.05, 0) is 12.1 Å². The van der Waals surface area contributed by atoms with E-state index < -0.39 is 11.6 Å². The predicted octanol–water partition coefficient (Wildman–Crippen LogP) is 2.97. The first kappa shape index (κ1) is 14.5. The zero-order valence-corrected chi connectivity index (χ0v) is 11.7. The molecule has 2 rings (SSSR count). The highest BCUT2D eigenvalue weighted by atomic mass is 32.2. The predicted molar refractivity (Wildman–Crippen MR) is 73.7 cm³/mol. The SMILES string of the molecule is CC1CN(CCC(=O)c2cccc(F)c2F)CCS1. The summed E-state index contributed by atoms with van der Waals surface area (Å²) in [5, 5.41) is 0.565. The number of hydrogen-bond donors (Lipinski definition) is 0.